The minimum Gasteiger partial charge on any atom is -0.496 e. The molecule has 3 N–H and O–H groups in total. The highest BCUT2D eigenvalue weighted by Gasteiger charge is 2.06. The monoisotopic (exact) mass is 489 g/mol. The van der Waals surface area contributed by atoms with Crippen LogP contribution in [0, 0.1) is 0 Å². The van der Waals surface area contributed by atoms with Gasteiger partial charge in [0.05, 0.1) is 7.11 Å². The van der Waals surface area contributed by atoms with Crippen LogP contribution in [0.3, 0.4) is 0 Å². The molecule has 0 spiro atoms. The SMILES string of the molecule is CCCCC(=O)Nc1cccc(NC(=S)NC(=O)C=Cc2cc(Br)ccc2OC)c1. The lowest BCUT2D eigenvalue weighted by Crippen LogP contribution is -2.32. The average molecular weight is 490 g/mol. The Balaban J connectivity index is 1.92. The minimum atomic E-state index is -0.376. The summed E-state index contributed by atoms with van der Waals surface area (Å²) < 4.78 is 6.16. The molecule has 0 bridgehead atoms. The van der Waals surface area contributed by atoms with Crippen LogP contribution in [0.5, 0.6) is 5.75 Å². The number of methoxy groups -OCH3 is 1. The summed E-state index contributed by atoms with van der Waals surface area (Å²) >= 11 is 8.60. The number of unbranched alkanes of at least 4 members (excludes halogenated alkanes) is 1. The number of hydrogen-bond donors (Lipinski definition) is 3. The number of rotatable bonds is 8. The predicted octanol–water partition coefficient (Wildman–Crippen LogP) is 5.11. The molecule has 0 unspecified atom stereocenters. The van der Waals surface area contributed by atoms with Gasteiger partial charge in [0.1, 0.15) is 5.75 Å². The molecular weight excluding hydrogens is 466 g/mol. The van der Waals surface area contributed by atoms with Crippen LogP contribution in [-0.4, -0.2) is 24.0 Å². The average Bonchev–Trinajstić information content (AvgIpc) is 2.71. The number of carbonyl (C=O) groups excluding carboxylic acids is 2. The Bertz CT molecular complexity index is 947. The van der Waals surface area contributed by atoms with Crippen molar-refractivity contribution in [3.8, 4) is 5.75 Å². The zero-order valence-electron chi connectivity index (χ0n) is 16.8. The smallest absolute Gasteiger partial charge is 0.250 e. The Morgan fingerprint density at radius 2 is 1.87 bits per heavy atom. The van der Waals surface area contributed by atoms with Crippen LogP contribution in [0.25, 0.3) is 6.08 Å². The van der Waals surface area contributed by atoms with E-state index in [-0.39, 0.29) is 16.9 Å². The van der Waals surface area contributed by atoms with Gasteiger partial charge < -0.3 is 15.4 Å². The summed E-state index contributed by atoms with van der Waals surface area (Å²) in [5.74, 6) is 0.247. The first-order valence-corrected chi connectivity index (χ1v) is 10.6. The van der Waals surface area contributed by atoms with Gasteiger partial charge in [0.2, 0.25) is 11.8 Å². The van der Waals surface area contributed by atoms with Crippen molar-refractivity contribution in [1.29, 1.82) is 0 Å². The van der Waals surface area contributed by atoms with E-state index in [0.717, 1.165) is 22.9 Å². The molecule has 0 aromatic heterocycles. The van der Waals surface area contributed by atoms with E-state index in [1.807, 2.05) is 25.1 Å². The second kappa shape index (κ2) is 12.1. The van der Waals surface area contributed by atoms with Gasteiger partial charge in [-0.1, -0.05) is 35.3 Å². The molecule has 30 heavy (non-hydrogen) atoms. The lowest BCUT2D eigenvalue weighted by Gasteiger charge is -2.10. The van der Waals surface area contributed by atoms with Crippen LogP contribution >= 0.6 is 28.1 Å². The van der Waals surface area contributed by atoms with Gasteiger partial charge >= 0.3 is 0 Å². The van der Waals surface area contributed by atoms with Crippen molar-refractivity contribution in [1.82, 2.24) is 5.32 Å². The van der Waals surface area contributed by atoms with E-state index in [0.29, 0.717) is 23.5 Å². The second-order valence-electron chi connectivity index (χ2n) is 6.40. The first-order chi connectivity index (χ1) is 14.4. The van der Waals surface area contributed by atoms with E-state index in [4.69, 9.17) is 17.0 Å². The molecule has 0 radical (unpaired) electrons. The van der Waals surface area contributed by atoms with Crippen LogP contribution in [-0.2, 0) is 9.59 Å². The Morgan fingerprint density at radius 3 is 2.57 bits per heavy atom. The summed E-state index contributed by atoms with van der Waals surface area (Å²) in [7, 11) is 1.57. The maximum Gasteiger partial charge on any atom is 0.250 e. The van der Waals surface area contributed by atoms with E-state index in [9.17, 15) is 9.59 Å². The van der Waals surface area contributed by atoms with Gasteiger partial charge in [-0.15, -0.1) is 0 Å². The van der Waals surface area contributed by atoms with Gasteiger partial charge in [0.15, 0.2) is 5.11 Å². The Labute approximate surface area is 190 Å². The number of benzene rings is 2. The number of anilines is 2. The normalized spacial score (nSPS) is 10.5. The van der Waals surface area contributed by atoms with Crippen molar-refractivity contribution in [2.24, 2.45) is 0 Å². The quantitative estimate of drug-likeness (QED) is 0.354. The summed E-state index contributed by atoms with van der Waals surface area (Å²) in [6.45, 7) is 2.04. The van der Waals surface area contributed by atoms with E-state index in [1.165, 1.54) is 6.08 Å². The zero-order chi connectivity index (χ0) is 21.9. The molecule has 0 heterocycles. The van der Waals surface area contributed by atoms with Gasteiger partial charge in [0, 0.05) is 33.9 Å². The van der Waals surface area contributed by atoms with Crippen molar-refractivity contribution in [2.75, 3.05) is 17.7 Å². The van der Waals surface area contributed by atoms with Crippen LogP contribution in [0.15, 0.2) is 53.0 Å². The van der Waals surface area contributed by atoms with Gasteiger partial charge in [-0.05, 0) is 61.1 Å². The largest absolute Gasteiger partial charge is 0.496 e. The molecule has 0 aliphatic rings. The fraction of sp³-hybridized carbons (Fsp3) is 0.227. The van der Waals surface area contributed by atoms with E-state index in [1.54, 1.807) is 37.5 Å². The van der Waals surface area contributed by atoms with Crippen molar-refractivity contribution < 1.29 is 14.3 Å². The number of thiocarbonyl (C=S) groups is 1. The summed E-state index contributed by atoms with van der Waals surface area (Å²) in [6, 6.07) is 12.6. The third kappa shape index (κ3) is 7.96. The topological polar surface area (TPSA) is 79.5 Å². The molecule has 8 heteroatoms. The minimum absolute atomic E-state index is 0.0296. The molecule has 2 aromatic carbocycles. The maximum atomic E-state index is 12.2. The van der Waals surface area contributed by atoms with E-state index >= 15 is 0 Å². The Hall–Kier alpha value is -2.71. The first kappa shape index (κ1) is 23.6. The fourth-order valence-electron chi connectivity index (χ4n) is 2.55. The third-order valence-corrected chi connectivity index (χ3v) is 4.70. The van der Waals surface area contributed by atoms with Gasteiger partial charge in [-0.25, -0.2) is 0 Å². The molecule has 2 rings (SSSR count). The molecule has 0 fully saturated rings. The number of ether oxygens (including phenoxy) is 1. The number of nitrogens with one attached hydrogen (secondary N) is 3. The molecular formula is C22H24BrN3O3S. The van der Waals surface area contributed by atoms with Crippen molar-refractivity contribution >= 4 is 62.5 Å². The molecule has 2 amide bonds. The first-order valence-electron chi connectivity index (χ1n) is 9.44. The third-order valence-electron chi connectivity index (χ3n) is 4.00. The number of halogens is 1. The van der Waals surface area contributed by atoms with Gasteiger partial charge in [-0.2, -0.15) is 0 Å². The molecule has 2 aromatic rings. The van der Waals surface area contributed by atoms with Crippen molar-refractivity contribution in [3.05, 3.63) is 58.6 Å². The number of hydrogen-bond acceptors (Lipinski definition) is 4. The molecule has 158 valence electrons. The molecule has 0 aliphatic heterocycles. The van der Waals surface area contributed by atoms with Gasteiger partial charge in [-0.3, -0.25) is 14.9 Å². The number of amides is 2. The van der Waals surface area contributed by atoms with Crippen LogP contribution in [0.2, 0.25) is 0 Å². The fourth-order valence-corrected chi connectivity index (χ4v) is 3.15. The molecule has 6 nitrogen and oxygen atoms in total. The maximum absolute atomic E-state index is 12.2. The second-order valence-corrected chi connectivity index (χ2v) is 7.72. The predicted molar refractivity (Wildman–Crippen MR) is 129 cm³/mol. The Morgan fingerprint density at radius 1 is 1.13 bits per heavy atom. The summed E-state index contributed by atoms with van der Waals surface area (Å²) in [5, 5.41) is 8.54. The number of carbonyl (C=O) groups is 2. The lowest BCUT2D eigenvalue weighted by atomic mass is 10.2. The molecule has 0 aliphatic carbocycles. The van der Waals surface area contributed by atoms with Crippen molar-refractivity contribution in [2.45, 2.75) is 26.2 Å². The highest BCUT2D eigenvalue weighted by molar-refractivity contribution is 9.10. The van der Waals surface area contributed by atoms with Crippen LogP contribution < -0.4 is 20.7 Å². The highest BCUT2D eigenvalue weighted by atomic mass is 79.9. The lowest BCUT2D eigenvalue weighted by molar-refractivity contribution is -0.116. The summed E-state index contributed by atoms with van der Waals surface area (Å²) in [6.07, 6.45) is 5.32. The van der Waals surface area contributed by atoms with Crippen LogP contribution in [0.1, 0.15) is 31.7 Å². The van der Waals surface area contributed by atoms with E-state index < -0.39 is 0 Å². The highest BCUT2D eigenvalue weighted by Crippen LogP contribution is 2.24. The zero-order valence-corrected chi connectivity index (χ0v) is 19.2. The molecule has 0 saturated carbocycles. The van der Waals surface area contributed by atoms with E-state index in [2.05, 4.69) is 31.9 Å². The van der Waals surface area contributed by atoms with Crippen LogP contribution in [0.4, 0.5) is 11.4 Å². The van der Waals surface area contributed by atoms with Gasteiger partial charge in [0.25, 0.3) is 0 Å². The Kier molecular flexibility index (Phi) is 9.50. The summed E-state index contributed by atoms with van der Waals surface area (Å²) in [4.78, 5) is 24.1. The summed E-state index contributed by atoms with van der Waals surface area (Å²) in [5.41, 5.74) is 2.08. The van der Waals surface area contributed by atoms with Crippen molar-refractivity contribution in [3.63, 3.8) is 0 Å². The molecule has 0 atom stereocenters. The molecule has 0 saturated heterocycles. The standard InChI is InChI=1S/C22H24BrN3O3S/c1-3-4-8-20(27)24-17-6-5-7-18(14-17)25-22(30)26-21(28)12-9-15-13-16(23)10-11-19(15)29-2/h5-7,9-14H,3-4,8H2,1-2H3,(H,24,27)(H2,25,26,28,30).